The SMILES string of the molecule is COc1ccc(C)cc1C(=O)OCc1ccc(C(=O)N2CCCC2)cc1. The molecule has 0 radical (unpaired) electrons. The normalized spacial score (nSPS) is 13.5. The van der Waals surface area contributed by atoms with Gasteiger partial charge in [0.25, 0.3) is 5.91 Å². The van der Waals surface area contributed by atoms with Crippen LogP contribution in [0.3, 0.4) is 0 Å². The Bertz CT molecular complexity index is 792. The van der Waals surface area contributed by atoms with E-state index in [4.69, 9.17) is 9.47 Å². The molecule has 0 unspecified atom stereocenters. The zero-order chi connectivity index (χ0) is 18.5. The van der Waals surface area contributed by atoms with Crippen LogP contribution in [0.25, 0.3) is 0 Å². The number of likely N-dealkylation sites (tertiary alicyclic amines) is 1. The summed E-state index contributed by atoms with van der Waals surface area (Å²) in [6.07, 6.45) is 2.14. The molecule has 0 bridgehead atoms. The molecule has 0 aliphatic carbocycles. The van der Waals surface area contributed by atoms with Gasteiger partial charge in [-0.05, 0) is 49.6 Å². The van der Waals surface area contributed by atoms with Crippen LogP contribution in [0.4, 0.5) is 0 Å². The maximum atomic E-state index is 12.3. The molecular weight excluding hydrogens is 330 g/mol. The number of esters is 1. The first-order valence-electron chi connectivity index (χ1n) is 8.78. The van der Waals surface area contributed by atoms with Gasteiger partial charge >= 0.3 is 5.97 Å². The van der Waals surface area contributed by atoms with Crippen LogP contribution >= 0.6 is 0 Å². The van der Waals surface area contributed by atoms with Crippen molar-refractivity contribution in [2.75, 3.05) is 20.2 Å². The van der Waals surface area contributed by atoms with Gasteiger partial charge in [0.2, 0.25) is 0 Å². The third kappa shape index (κ3) is 4.04. The minimum absolute atomic E-state index is 0.0653. The Hall–Kier alpha value is -2.82. The number of nitrogens with zero attached hydrogens (tertiary/aromatic N) is 1. The van der Waals surface area contributed by atoms with E-state index in [0.29, 0.717) is 16.9 Å². The van der Waals surface area contributed by atoms with Crippen LogP contribution in [0.5, 0.6) is 5.75 Å². The van der Waals surface area contributed by atoms with Crippen LogP contribution in [0, 0.1) is 6.92 Å². The van der Waals surface area contributed by atoms with E-state index in [1.807, 2.05) is 30.0 Å². The number of hydrogen-bond acceptors (Lipinski definition) is 4. The molecule has 5 nitrogen and oxygen atoms in total. The van der Waals surface area contributed by atoms with Crippen LogP contribution < -0.4 is 4.74 Å². The number of benzene rings is 2. The Balaban J connectivity index is 1.62. The largest absolute Gasteiger partial charge is 0.496 e. The molecular formula is C21H23NO4. The fourth-order valence-corrected chi connectivity index (χ4v) is 3.05. The highest BCUT2D eigenvalue weighted by molar-refractivity contribution is 5.94. The van der Waals surface area contributed by atoms with Gasteiger partial charge in [-0.2, -0.15) is 0 Å². The van der Waals surface area contributed by atoms with Crippen LogP contribution in [0.1, 0.15) is 44.7 Å². The summed E-state index contributed by atoms with van der Waals surface area (Å²) in [6.45, 7) is 3.72. The van der Waals surface area contributed by atoms with Crippen molar-refractivity contribution < 1.29 is 19.1 Å². The van der Waals surface area contributed by atoms with Crippen molar-refractivity contribution in [3.8, 4) is 5.75 Å². The van der Waals surface area contributed by atoms with Crippen molar-refractivity contribution in [1.82, 2.24) is 4.90 Å². The number of hydrogen-bond donors (Lipinski definition) is 0. The van der Waals surface area contributed by atoms with Gasteiger partial charge in [0.1, 0.15) is 17.9 Å². The first-order valence-corrected chi connectivity index (χ1v) is 8.78. The minimum Gasteiger partial charge on any atom is -0.496 e. The van der Waals surface area contributed by atoms with E-state index < -0.39 is 5.97 Å². The summed E-state index contributed by atoms with van der Waals surface area (Å²) in [7, 11) is 1.53. The standard InChI is InChI=1S/C21H23NO4/c1-15-5-10-19(25-2)18(13-15)21(24)26-14-16-6-8-17(9-7-16)20(23)22-11-3-4-12-22/h5-10,13H,3-4,11-12,14H2,1-2H3. The van der Waals surface area contributed by atoms with Gasteiger partial charge in [-0.15, -0.1) is 0 Å². The molecule has 26 heavy (non-hydrogen) atoms. The summed E-state index contributed by atoms with van der Waals surface area (Å²) in [5, 5.41) is 0. The number of aryl methyl sites for hydroxylation is 1. The molecule has 136 valence electrons. The lowest BCUT2D eigenvalue weighted by Crippen LogP contribution is -2.27. The third-order valence-corrected chi connectivity index (χ3v) is 4.54. The number of amides is 1. The average Bonchev–Trinajstić information content (AvgIpc) is 3.20. The zero-order valence-corrected chi connectivity index (χ0v) is 15.2. The monoisotopic (exact) mass is 353 g/mol. The molecule has 2 aromatic rings. The highest BCUT2D eigenvalue weighted by atomic mass is 16.5. The second-order valence-electron chi connectivity index (χ2n) is 6.48. The van der Waals surface area contributed by atoms with Crippen molar-refractivity contribution in [3.05, 3.63) is 64.7 Å². The first kappa shape index (κ1) is 18.0. The summed E-state index contributed by atoms with van der Waals surface area (Å²) < 4.78 is 10.6. The van der Waals surface area contributed by atoms with E-state index >= 15 is 0 Å². The maximum Gasteiger partial charge on any atom is 0.342 e. The van der Waals surface area contributed by atoms with Crippen LogP contribution in [-0.4, -0.2) is 37.0 Å². The fourth-order valence-electron chi connectivity index (χ4n) is 3.05. The van der Waals surface area contributed by atoms with Crippen LogP contribution in [-0.2, 0) is 11.3 Å². The number of methoxy groups -OCH3 is 1. The van der Waals surface area contributed by atoms with E-state index in [0.717, 1.165) is 37.1 Å². The molecule has 3 rings (SSSR count). The molecule has 2 aromatic carbocycles. The van der Waals surface area contributed by atoms with Gasteiger partial charge in [0.05, 0.1) is 7.11 Å². The molecule has 0 atom stereocenters. The van der Waals surface area contributed by atoms with E-state index in [1.54, 1.807) is 24.3 Å². The third-order valence-electron chi connectivity index (χ3n) is 4.54. The summed E-state index contributed by atoms with van der Waals surface area (Å²) >= 11 is 0. The van der Waals surface area contributed by atoms with E-state index in [1.165, 1.54) is 7.11 Å². The lowest BCUT2D eigenvalue weighted by Gasteiger charge is -2.15. The number of carbonyl (C=O) groups is 2. The Kier molecular flexibility index (Phi) is 5.56. The van der Waals surface area contributed by atoms with Gasteiger partial charge in [-0.25, -0.2) is 4.79 Å². The van der Waals surface area contributed by atoms with E-state index in [-0.39, 0.29) is 12.5 Å². The molecule has 1 amide bonds. The van der Waals surface area contributed by atoms with Gasteiger partial charge < -0.3 is 14.4 Å². The average molecular weight is 353 g/mol. The molecule has 0 saturated carbocycles. The maximum absolute atomic E-state index is 12.3. The van der Waals surface area contributed by atoms with Gasteiger partial charge in [-0.1, -0.05) is 23.8 Å². The Morgan fingerprint density at radius 3 is 2.38 bits per heavy atom. The van der Waals surface area contributed by atoms with Crippen molar-refractivity contribution in [1.29, 1.82) is 0 Å². The lowest BCUT2D eigenvalue weighted by molar-refractivity contribution is 0.0468. The Morgan fingerprint density at radius 2 is 1.73 bits per heavy atom. The number of carbonyl (C=O) groups excluding carboxylic acids is 2. The van der Waals surface area contributed by atoms with Crippen molar-refractivity contribution in [2.45, 2.75) is 26.4 Å². The smallest absolute Gasteiger partial charge is 0.342 e. The molecule has 1 fully saturated rings. The molecule has 1 saturated heterocycles. The van der Waals surface area contributed by atoms with Crippen molar-refractivity contribution >= 4 is 11.9 Å². The summed E-state index contributed by atoms with van der Waals surface area (Å²) in [5.74, 6) is 0.130. The molecule has 0 aromatic heterocycles. The zero-order valence-electron chi connectivity index (χ0n) is 15.2. The lowest BCUT2D eigenvalue weighted by atomic mass is 10.1. The first-order chi connectivity index (χ1) is 12.6. The van der Waals surface area contributed by atoms with Gasteiger partial charge in [-0.3, -0.25) is 4.79 Å². The second kappa shape index (κ2) is 8.04. The predicted molar refractivity (Wildman–Crippen MR) is 98.4 cm³/mol. The quantitative estimate of drug-likeness (QED) is 0.771. The number of ether oxygens (including phenoxy) is 2. The van der Waals surface area contributed by atoms with E-state index in [9.17, 15) is 9.59 Å². The Morgan fingerprint density at radius 1 is 1.04 bits per heavy atom. The number of rotatable bonds is 5. The summed E-state index contributed by atoms with van der Waals surface area (Å²) in [5.41, 5.74) is 2.88. The fraction of sp³-hybridized carbons (Fsp3) is 0.333. The topological polar surface area (TPSA) is 55.8 Å². The van der Waals surface area contributed by atoms with E-state index in [2.05, 4.69) is 0 Å². The van der Waals surface area contributed by atoms with Gasteiger partial charge in [0.15, 0.2) is 0 Å². The highest BCUT2D eigenvalue weighted by Gasteiger charge is 2.19. The molecule has 1 aliphatic rings. The molecule has 0 N–H and O–H groups in total. The van der Waals surface area contributed by atoms with Crippen LogP contribution in [0.2, 0.25) is 0 Å². The molecule has 5 heteroatoms. The summed E-state index contributed by atoms with van der Waals surface area (Å²) in [6, 6.07) is 12.6. The predicted octanol–water partition coefficient (Wildman–Crippen LogP) is 3.60. The van der Waals surface area contributed by atoms with Crippen molar-refractivity contribution in [3.63, 3.8) is 0 Å². The van der Waals surface area contributed by atoms with Gasteiger partial charge in [0, 0.05) is 18.7 Å². The minimum atomic E-state index is -0.428. The molecule has 1 aliphatic heterocycles. The Labute approximate surface area is 153 Å². The molecule has 1 heterocycles. The molecule has 0 spiro atoms. The summed E-state index contributed by atoms with van der Waals surface area (Å²) in [4.78, 5) is 26.5. The highest BCUT2D eigenvalue weighted by Crippen LogP contribution is 2.21. The van der Waals surface area contributed by atoms with Crippen LogP contribution in [0.15, 0.2) is 42.5 Å². The second-order valence-corrected chi connectivity index (χ2v) is 6.48. The van der Waals surface area contributed by atoms with Crippen molar-refractivity contribution in [2.24, 2.45) is 0 Å².